The topological polar surface area (TPSA) is 61.1 Å². The molecular weight excluding hydrogens is 300 g/mol. The maximum absolute atomic E-state index is 12.0. The molecule has 1 saturated heterocycles. The SMILES string of the molecule is CC#Cc1ccc2c(ccn2CC[C@]2(C)CC(=O)N(C)C(=N)N2)c1. The molecule has 1 amide bonds. The van der Waals surface area contributed by atoms with Gasteiger partial charge < -0.3 is 9.88 Å². The zero-order valence-corrected chi connectivity index (χ0v) is 14.3. The van der Waals surface area contributed by atoms with Crippen LogP contribution in [-0.4, -0.2) is 33.9 Å². The quantitative estimate of drug-likeness (QED) is 0.853. The number of guanidine groups is 1. The monoisotopic (exact) mass is 322 g/mol. The van der Waals surface area contributed by atoms with Gasteiger partial charge in [-0.1, -0.05) is 5.92 Å². The number of benzene rings is 1. The van der Waals surface area contributed by atoms with Crippen LogP contribution in [0.4, 0.5) is 0 Å². The second-order valence-electron chi connectivity index (χ2n) is 6.57. The van der Waals surface area contributed by atoms with Crippen molar-refractivity contribution in [2.45, 2.75) is 38.8 Å². The van der Waals surface area contributed by atoms with E-state index in [0.29, 0.717) is 6.42 Å². The number of carbonyl (C=O) groups is 1. The molecule has 1 atom stereocenters. The number of carbonyl (C=O) groups excluding carboxylic acids is 1. The summed E-state index contributed by atoms with van der Waals surface area (Å²) in [6, 6.07) is 8.31. The molecule has 1 aromatic heterocycles. The molecule has 24 heavy (non-hydrogen) atoms. The van der Waals surface area contributed by atoms with E-state index in [-0.39, 0.29) is 17.4 Å². The average molecular weight is 322 g/mol. The van der Waals surface area contributed by atoms with E-state index >= 15 is 0 Å². The summed E-state index contributed by atoms with van der Waals surface area (Å²) in [6.07, 6.45) is 3.25. The van der Waals surface area contributed by atoms with Gasteiger partial charge in [0.25, 0.3) is 0 Å². The lowest BCUT2D eigenvalue weighted by molar-refractivity contribution is -0.129. The first-order valence-electron chi connectivity index (χ1n) is 8.07. The van der Waals surface area contributed by atoms with Crippen molar-refractivity contribution in [2.75, 3.05) is 7.05 Å². The third-order valence-corrected chi connectivity index (χ3v) is 4.62. The van der Waals surface area contributed by atoms with E-state index in [1.807, 2.05) is 19.9 Å². The number of amides is 1. The Morgan fingerprint density at radius 3 is 2.88 bits per heavy atom. The smallest absolute Gasteiger partial charge is 0.231 e. The van der Waals surface area contributed by atoms with Gasteiger partial charge in [0, 0.05) is 41.8 Å². The summed E-state index contributed by atoms with van der Waals surface area (Å²) in [7, 11) is 1.63. The number of aromatic nitrogens is 1. The standard InChI is InChI=1S/C19H22N4O/c1-4-5-14-6-7-16-15(12-14)8-10-23(16)11-9-19(2)13-17(24)22(3)18(20)21-19/h6-8,10,12H,9,11,13H2,1-3H3,(H2,20,21)/t19-/m1/s1. The molecule has 1 aliphatic rings. The number of rotatable bonds is 3. The van der Waals surface area contributed by atoms with Crippen molar-refractivity contribution < 1.29 is 4.79 Å². The van der Waals surface area contributed by atoms with E-state index in [9.17, 15) is 4.79 Å². The maximum Gasteiger partial charge on any atom is 0.231 e. The predicted molar refractivity (Wildman–Crippen MR) is 95.8 cm³/mol. The third-order valence-electron chi connectivity index (χ3n) is 4.62. The normalized spacial score (nSPS) is 20.7. The van der Waals surface area contributed by atoms with Gasteiger partial charge >= 0.3 is 0 Å². The van der Waals surface area contributed by atoms with Crippen LogP contribution in [-0.2, 0) is 11.3 Å². The zero-order valence-electron chi connectivity index (χ0n) is 14.3. The van der Waals surface area contributed by atoms with Crippen molar-refractivity contribution in [3.63, 3.8) is 0 Å². The van der Waals surface area contributed by atoms with Gasteiger partial charge in [-0.3, -0.25) is 15.1 Å². The van der Waals surface area contributed by atoms with E-state index in [4.69, 9.17) is 5.41 Å². The number of aryl methyl sites for hydroxylation is 1. The Bertz CT molecular complexity index is 850. The molecule has 0 unspecified atom stereocenters. The highest BCUT2D eigenvalue weighted by Crippen LogP contribution is 2.24. The lowest BCUT2D eigenvalue weighted by atomic mass is 9.91. The molecule has 2 heterocycles. The van der Waals surface area contributed by atoms with Gasteiger partial charge in [-0.25, -0.2) is 0 Å². The molecule has 1 aliphatic heterocycles. The van der Waals surface area contributed by atoms with E-state index in [1.165, 1.54) is 10.3 Å². The fraction of sp³-hybridized carbons (Fsp3) is 0.368. The molecule has 1 aromatic carbocycles. The largest absolute Gasteiger partial charge is 0.350 e. The Labute approximate surface area is 142 Å². The molecule has 0 aliphatic carbocycles. The van der Waals surface area contributed by atoms with Crippen molar-refractivity contribution in [3.05, 3.63) is 36.0 Å². The van der Waals surface area contributed by atoms with Crippen molar-refractivity contribution in [1.82, 2.24) is 14.8 Å². The number of nitrogens with one attached hydrogen (secondary N) is 2. The minimum absolute atomic E-state index is 0.0126. The van der Waals surface area contributed by atoms with Crippen molar-refractivity contribution in [3.8, 4) is 11.8 Å². The third kappa shape index (κ3) is 3.00. The minimum atomic E-state index is -0.384. The van der Waals surface area contributed by atoms with Gasteiger partial charge in [-0.2, -0.15) is 0 Å². The summed E-state index contributed by atoms with van der Waals surface area (Å²) in [5.41, 5.74) is 1.80. The Morgan fingerprint density at radius 1 is 1.38 bits per heavy atom. The lowest BCUT2D eigenvalue weighted by Gasteiger charge is -2.39. The summed E-state index contributed by atoms with van der Waals surface area (Å²) in [5.74, 6) is 6.16. The fourth-order valence-electron chi connectivity index (χ4n) is 3.13. The van der Waals surface area contributed by atoms with Gasteiger partial charge in [0.05, 0.1) is 6.42 Å². The molecule has 0 spiro atoms. The van der Waals surface area contributed by atoms with E-state index < -0.39 is 0 Å². The number of nitrogens with zero attached hydrogens (tertiary/aromatic N) is 2. The van der Waals surface area contributed by atoms with E-state index in [2.05, 4.69) is 46.1 Å². The van der Waals surface area contributed by atoms with Crippen LogP contribution in [0.25, 0.3) is 10.9 Å². The second-order valence-corrected chi connectivity index (χ2v) is 6.57. The van der Waals surface area contributed by atoms with Crippen LogP contribution in [0.3, 0.4) is 0 Å². The molecule has 124 valence electrons. The minimum Gasteiger partial charge on any atom is -0.350 e. The zero-order chi connectivity index (χ0) is 17.3. The van der Waals surface area contributed by atoms with Crippen LogP contribution >= 0.6 is 0 Å². The number of fused-ring (bicyclic) bond motifs is 1. The highest BCUT2D eigenvalue weighted by Gasteiger charge is 2.36. The molecule has 2 aromatic rings. The Hall–Kier alpha value is -2.74. The predicted octanol–water partition coefficient (Wildman–Crippen LogP) is 2.55. The van der Waals surface area contributed by atoms with Crippen LogP contribution in [0.5, 0.6) is 0 Å². The average Bonchev–Trinajstić information content (AvgIpc) is 2.93. The Kier molecular flexibility index (Phi) is 4.06. The second kappa shape index (κ2) is 6.04. The van der Waals surface area contributed by atoms with Gasteiger partial charge in [0.1, 0.15) is 0 Å². The van der Waals surface area contributed by atoms with Crippen molar-refractivity contribution in [1.29, 1.82) is 5.41 Å². The molecule has 0 radical (unpaired) electrons. The summed E-state index contributed by atoms with van der Waals surface area (Å²) >= 11 is 0. The highest BCUT2D eigenvalue weighted by atomic mass is 16.2. The molecular formula is C19H22N4O. The lowest BCUT2D eigenvalue weighted by Crippen LogP contribution is -2.60. The van der Waals surface area contributed by atoms with E-state index in [1.54, 1.807) is 7.05 Å². The molecule has 5 nitrogen and oxygen atoms in total. The molecule has 0 bridgehead atoms. The highest BCUT2D eigenvalue weighted by molar-refractivity contribution is 5.98. The van der Waals surface area contributed by atoms with Crippen LogP contribution in [0.2, 0.25) is 0 Å². The number of hydrogen-bond donors (Lipinski definition) is 2. The fourth-order valence-corrected chi connectivity index (χ4v) is 3.13. The summed E-state index contributed by atoms with van der Waals surface area (Å²) in [4.78, 5) is 13.4. The molecule has 0 saturated carbocycles. The first kappa shape index (κ1) is 16.1. The maximum atomic E-state index is 12.0. The van der Waals surface area contributed by atoms with Gasteiger partial charge in [0.2, 0.25) is 5.91 Å². The van der Waals surface area contributed by atoms with Crippen LogP contribution in [0.15, 0.2) is 30.5 Å². The summed E-state index contributed by atoms with van der Waals surface area (Å²) in [6.45, 7) is 4.63. The molecule has 1 fully saturated rings. The Balaban J connectivity index is 1.77. The van der Waals surface area contributed by atoms with Gasteiger partial charge in [-0.05, 0) is 44.5 Å². The Morgan fingerprint density at radius 2 is 2.17 bits per heavy atom. The summed E-state index contributed by atoms with van der Waals surface area (Å²) in [5, 5.41) is 12.2. The number of hydrogen-bond acceptors (Lipinski definition) is 2. The van der Waals surface area contributed by atoms with Crippen LogP contribution in [0, 0.1) is 17.3 Å². The first-order valence-corrected chi connectivity index (χ1v) is 8.07. The first-order chi connectivity index (χ1) is 11.4. The van der Waals surface area contributed by atoms with Crippen LogP contribution < -0.4 is 5.32 Å². The van der Waals surface area contributed by atoms with Crippen molar-refractivity contribution >= 4 is 22.8 Å². The molecule has 5 heteroatoms. The van der Waals surface area contributed by atoms with Gasteiger partial charge in [-0.15, -0.1) is 5.92 Å². The molecule has 2 N–H and O–H groups in total. The summed E-state index contributed by atoms with van der Waals surface area (Å²) < 4.78 is 2.19. The van der Waals surface area contributed by atoms with Crippen LogP contribution in [0.1, 0.15) is 32.3 Å². The van der Waals surface area contributed by atoms with Gasteiger partial charge in [0.15, 0.2) is 5.96 Å². The van der Waals surface area contributed by atoms with E-state index in [0.717, 1.165) is 24.0 Å². The molecule has 3 rings (SSSR count). The van der Waals surface area contributed by atoms with Crippen molar-refractivity contribution in [2.24, 2.45) is 0 Å².